The van der Waals surface area contributed by atoms with Gasteiger partial charge in [0, 0.05) is 27.0 Å². The van der Waals surface area contributed by atoms with E-state index in [0.717, 1.165) is 16.8 Å². The Balaban J connectivity index is 2.27. The minimum Gasteiger partial charge on any atom is -0.507 e. The van der Waals surface area contributed by atoms with E-state index in [1.807, 2.05) is 37.3 Å². The van der Waals surface area contributed by atoms with Crippen LogP contribution in [0.15, 0.2) is 18.2 Å². The lowest BCUT2D eigenvalue weighted by Crippen LogP contribution is -2.08. The highest BCUT2D eigenvalue weighted by Gasteiger charge is 2.13. The molecule has 2 rings (SSSR count). The highest BCUT2D eigenvalue weighted by molar-refractivity contribution is 7.12. The van der Waals surface area contributed by atoms with Gasteiger partial charge in [-0.1, -0.05) is 6.07 Å². The lowest BCUT2D eigenvalue weighted by molar-refractivity contribution is 0.467. The van der Waals surface area contributed by atoms with Crippen molar-refractivity contribution in [3.63, 3.8) is 0 Å². The van der Waals surface area contributed by atoms with E-state index in [-0.39, 0.29) is 6.04 Å². The standard InChI is InChI=1S/C16H21NOS/c1-9-6-7-15(11(3)16(9)18)17-12(4)14-8-10(2)19-13(14)5/h6-8,12,17-18H,1-5H3. The molecule has 0 aliphatic heterocycles. The average molecular weight is 275 g/mol. The summed E-state index contributed by atoms with van der Waals surface area (Å²) in [5.41, 5.74) is 4.16. The maximum Gasteiger partial charge on any atom is 0.123 e. The number of nitrogens with one attached hydrogen (secondary N) is 1. The van der Waals surface area contributed by atoms with Crippen LogP contribution in [-0.4, -0.2) is 5.11 Å². The fourth-order valence-corrected chi connectivity index (χ4v) is 3.41. The van der Waals surface area contributed by atoms with Crippen molar-refractivity contribution in [2.24, 2.45) is 0 Å². The number of anilines is 1. The lowest BCUT2D eigenvalue weighted by atomic mass is 10.1. The lowest BCUT2D eigenvalue weighted by Gasteiger charge is -2.18. The molecule has 0 aliphatic rings. The van der Waals surface area contributed by atoms with Gasteiger partial charge in [0.25, 0.3) is 0 Å². The van der Waals surface area contributed by atoms with E-state index in [0.29, 0.717) is 5.75 Å². The Morgan fingerprint density at radius 1 is 1.16 bits per heavy atom. The third-order valence-corrected chi connectivity index (χ3v) is 4.53. The van der Waals surface area contributed by atoms with Crippen molar-refractivity contribution in [1.29, 1.82) is 0 Å². The molecule has 0 saturated heterocycles. The van der Waals surface area contributed by atoms with Crippen LogP contribution in [0.4, 0.5) is 5.69 Å². The molecule has 0 amide bonds. The molecular formula is C16H21NOS. The number of aromatic hydroxyl groups is 1. The van der Waals surface area contributed by atoms with Gasteiger partial charge in [-0.2, -0.15) is 0 Å². The van der Waals surface area contributed by atoms with Crippen LogP contribution < -0.4 is 5.32 Å². The van der Waals surface area contributed by atoms with Gasteiger partial charge in [0.2, 0.25) is 0 Å². The van der Waals surface area contributed by atoms with Crippen LogP contribution in [0.1, 0.15) is 39.4 Å². The van der Waals surface area contributed by atoms with Gasteiger partial charge in [0.1, 0.15) is 5.75 Å². The number of phenolic OH excluding ortho intramolecular Hbond substituents is 1. The first-order valence-electron chi connectivity index (χ1n) is 6.52. The molecule has 0 radical (unpaired) electrons. The van der Waals surface area contributed by atoms with Crippen LogP contribution >= 0.6 is 11.3 Å². The van der Waals surface area contributed by atoms with E-state index >= 15 is 0 Å². The summed E-state index contributed by atoms with van der Waals surface area (Å²) >= 11 is 1.83. The van der Waals surface area contributed by atoms with Crippen LogP contribution in [0.3, 0.4) is 0 Å². The van der Waals surface area contributed by atoms with Crippen molar-refractivity contribution in [2.75, 3.05) is 5.32 Å². The summed E-state index contributed by atoms with van der Waals surface area (Å²) in [6.07, 6.45) is 0. The highest BCUT2D eigenvalue weighted by Crippen LogP contribution is 2.33. The second-order valence-corrected chi connectivity index (χ2v) is 6.60. The SMILES string of the molecule is Cc1cc(C(C)Nc2ccc(C)c(O)c2C)c(C)s1. The Bertz CT molecular complexity index is 601. The number of aryl methyl sites for hydroxylation is 3. The van der Waals surface area contributed by atoms with Gasteiger partial charge < -0.3 is 10.4 Å². The Labute approximate surface area is 119 Å². The fourth-order valence-electron chi connectivity index (χ4n) is 2.38. The van der Waals surface area contributed by atoms with Gasteiger partial charge in [0.05, 0.1) is 0 Å². The average Bonchev–Trinajstić information content (AvgIpc) is 2.69. The Kier molecular flexibility index (Phi) is 3.85. The summed E-state index contributed by atoms with van der Waals surface area (Å²) in [5, 5.41) is 13.5. The van der Waals surface area contributed by atoms with Crippen molar-refractivity contribution in [3.05, 3.63) is 44.6 Å². The van der Waals surface area contributed by atoms with Crippen LogP contribution in [0.25, 0.3) is 0 Å². The van der Waals surface area contributed by atoms with Crippen LogP contribution in [-0.2, 0) is 0 Å². The zero-order valence-corrected chi connectivity index (χ0v) is 13.0. The molecule has 102 valence electrons. The van der Waals surface area contributed by atoms with Crippen LogP contribution in [0.5, 0.6) is 5.75 Å². The van der Waals surface area contributed by atoms with Gasteiger partial charge in [-0.25, -0.2) is 0 Å². The van der Waals surface area contributed by atoms with Crippen molar-refractivity contribution < 1.29 is 5.11 Å². The molecule has 2 aromatic rings. The summed E-state index contributed by atoms with van der Waals surface area (Å²) in [6.45, 7) is 10.3. The van der Waals surface area contributed by atoms with Gasteiger partial charge in [-0.15, -0.1) is 11.3 Å². The predicted octanol–water partition coefficient (Wildman–Crippen LogP) is 4.86. The molecule has 1 aromatic carbocycles. The molecular weight excluding hydrogens is 254 g/mol. The smallest absolute Gasteiger partial charge is 0.123 e. The quantitative estimate of drug-likeness (QED) is 0.838. The molecule has 1 unspecified atom stereocenters. The number of benzene rings is 1. The molecule has 0 fully saturated rings. The maximum absolute atomic E-state index is 9.99. The largest absolute Gasteiger partial charge is 0.507 e. The third-order valence-electron chi connectivity index (χ3n) is 3.55. The number of hydrogen-bond donors (Lipinski definition) is 2. The minimum absolute atomic E-state index is 0.241. The molecule has 2 nitrogen and oxygen atoms in total. The molecule has 0 spiro atoms. The van der Waals surface area contributed by atoms with E-state index in [1.165, 1.54) is 15.3 Å². The molecule has 3 heteroatoms. The molecule has 1 heterocycles. The zero-order chi connectivity index (χ0) is 14.2. The van der Waals surface area contributed by atoms with Crippen molar-refractivity contribution >= 4 is 17.0 Å². The first-order chi connectivity index (χ1) is 8.90. The van der Waals surface area contributed by atoms with Gasteiger partial charge >= 0.3 is 0 Å². The third kappa shape index (κ3) is 2.76. The van der Waals surface area contributed by atoms with Gasteiger partial charge in [0.15, 0.2) is 0 Å². The topological polar surface area (TPSA) is 32.3 Å². The van der Waals surface area contributed by atoms with E-state index in [2.05, 4.69) is 32.2 Å². The maximum atomic E-state index is 9.99. The van der Waals surface area contributed by atoms with Crippen molar-refractivity contribution in [3.8, 4) is 5.75 Å². The summed E-state index contributed by atoms with van der Waals surface area (Å²) in [5.74, 6) is 0.385. The number of phenols is 1. The summed E-state index contributed by atoms with van der Waals surface area (Å²) in [4.78, 5) is 2.69. The zero-order valence-electron chi connectivity index (χ0n) is 12.2. The normalized spacial score (nSPS) is 12.5. The first kappa shape index (κ1) is 13.9. The molecule has 0 bridgehead atoms. The number of hydrogen-bond acceptors (Lipinski definition) is 3. The van der Waals surface area contributed by atoms with Gasteiger partial charge in [-0.3, -0.25) is 0 Å². The van der Waals surface area contributed by atoms with Gasteiger partial charge in [-0.05, 0) is 57.9 Å². The van der Waals surface area contributed by atoms with E-state index in [1.54, 1.807) is 0 Å². The first-order valence-corrected chi connectivity index (χ1v) is 7.34. The summed E-state index contributed by atoms with van der Waals surface area (Å²) in [7, 11) is 0. The van der Waals surface area contributed by atoms with E-state index < -0.39 is 0 Å². The van der Waals surface area contributed by atoms with Crippen molar-refractivity contribution in [1.82, 2.24) is 0 Å². The number of thiophene rings is 1. The van der Waals surface area contributed by atoms with E-state index in [9.17, 15) is 5.11 Å². The molecule has 0 aliphatic carbocycles. The highest BCUT2D eigenvalue weighted by atomic mass is 32.1. The van der Waals surface area contributed by atoms with Crippen molar-refractivity contribution in [2.45, 2.75) is 40.7 Å². The molecule has 2 N–H and O–H groups in total. The molecule has 19 heavy (non-hydrogen) atoms. The predicted molar refractivity (Wildman–Crippen MR) is 83.4 cm³/mol. The van der Waals surface area contributed by atoms with Crippen LogP contribution in [0.2, 0.25) is 0 Å². The Morgan fingerprint density at radius 2 is 1.84 bits per heavy atom. The Morgan fingerprint density at radius 3 is 2.42 bits per heavy atom. The second-order valence-electron chi connectivity index (χ2n) is 5.14. The fraction of sp³-hybridized carbons (Fsp3) is 0.375. The summed E-state index contributed by atoms with van der Waals surface area (Å²) < 4.78 is 0. The molecule has 0 saturated carbocycles. The number of rotatable bonds is 3. The second kappa shape index (κ2) is 5.25. The van der Waals surface area contributed by atoms with Crippen LogP contribution in [0, 0.1) is 27.7 Å². The minimum atomic E-state index is 0.241. The molecule has 1 atom stereocenters. The monoisotopic (exact) mass is 275 g/mol. The Hall–Kier alpha value is -1.48. The molecule has 1 aromatic heterocycles. The summed E-state index contributed by atoms with van der Waals surface area (Å²) in [6, 6.07) is 6.46. The van der Waals surface area contributed by atoms with E-state index in [4.69, 9.17) is 0 Å².